The zero-order valence-corrected chi connectivity index (χ0v) is 12.0. The summed E-state index contributed by atoms with van der Waals surface area (Å²) in [6, 6.07) is 10.5. The Labute approximate surface area is 127 Å². The van der Waals surface area contributed by atoms with Gasteiger partial charge in [-0.15, -0.1) is 0 Å². The van der Waals surface area contributed by atoms with E-state index in [0.29, 0.717) is 16.3 Å². The first-order chi connectivity index (χ1) is 10.0. The summed E-state index contributed by atoms with van der Waals surface area (Å²) in [5.41, 5.74) is 3.51. The van der Waals surface area contributed by atoms with Crippen LogP contribution in [0, 0.1) is 6.92 Å². The van der Waals surface area contributed by atoms with Crippen molar-refractivity contribution in [1.82, 2.24) is 0 Å². The Kier molecular flexibility index (Phi) is 3.31. The number of carbonyl (C=O) groups excluding carboxylic acids is 1. The number of anilines is 2. The van der Waals surface area contributed by atoms with Gasteiger partial charge in [0.1, 0.15) is 5.75 Å². The molecule has 21 heavy (non-hydrogen) atoms. The van der Waals surface area contributed by atoms with Crippen LogP contribution in [0.15, 0.2) is 42.6 Å². The lowest BCUT2D eigenvalue weighted by Crippen LogP contribution is -2.05. The van der Waals surface area contributed by atoms with Crippen LogP contribution >= 0.6 is 11.6 Å². The number of fused-ring (bicyclic) bond motifs is 1. The van der Waals surface area contributed by atoms with E-state index in [9.17, 15) is 9.90 Å². The first kappa shape index (κ1) is 13.5. The van der Waals surface area contributed by atoms with Crippen LogP contribution in [-0.4, -0.2) is 11.0 Å². The average Bonchev–Trinajstić information content (AvgIpc) is 2.75. The van der Waals surface area contributed by atoms with Crippen molar-refractivity contribution in [1.29, 1.82) is 0 Å². The Morgan fingerprint density at radius 2 is 2.05 bits per heavy atom. The summed E-state index contributed by atoms with van der Waals surface area (Å²) in [5, 5.41) is 16.0. The van der Waals surface area contributed by atoms with Crippen LogP contribution in [-0.2, 0) is 4.79 Å². The summed E-state index contributed by atoms with van der Waals surface area (Å²) >= 11 is 5.97. The largest absolute Gasteiger partial charge is 0.508 e. The summed E-state index contributed by atoms with van der Waals surface area (Å²) < 4.78 is 0. The van der Waals surface area contributed by atoms with Gasteiger partial charge in [-0.25, -0.2) is 0 Å². The van der Waals surface area contributed by atoms with Crippen LogP contribution in [0.3, 0.4) is 0 Å². The zero-order valence-electron chi connectivity index (χ0n) is 11.3. The highest BCUT2D eigenvalue weighted by Crippen LogP contribution is 2.33. The van der Waals surface area contributed by atoms with Crippen LogP contribution in [0.2, 0.25) is 5.02 Å². The lowest BCUT2D eigenvalue weighted by molar-refractivity contribution is -0.110. The van der Waals surface area contributed by atoms with Crippen molar-refractivity contribution in [3.05, 3.63) is 58.7 Å². The topological polar surface area (TPSA) is 61.4 Å². The van der Waals surface area contributed by atoms with Crippen molar-refractivity contribution < 1.29 is 9.90 Å². The minimum Gasteiger partial charge on any atom is -0.508 e. The number of amides is 1. The third-order valence-electron chi connectivity index (χ3n) is 3.36. The molecule has 0 saturated carbocycles. The molecular formula is C16H13ClN2O2. The Morgan fingerprint density at radius 1 is 1.24 bits per heavy atom. The van der Waals surface area contributed by atoms with Crippen LogP contribution in [0.1, 0.15) is 11.1 Å². The number of benzene rings is 2. The summed E-state index contributed by atoms with van der Waals surface area (Å²) in [6.45, 7) is 1.82. The molecule has 0 bridgehead atoms. The first-order valence-corrected chi connectivity index (χ1v) is 6.80. The molecule has 1 aliphatic rings. The highest BCUT2D eigenvalue weighted by molar-refractivity contribution is 6.34. The first-order valence-electron chi connectivity index (χ1n) is 6.42. The second-order valence-corrected chi connectivity index (χ2v) is 5.28. The van der Waals surface area contributed by atoms with Gasteiger partial charge in [0.25, 0.3) is 5.91 Å². The van der Waals surface area contributed by atoms with E-state index in [1.165, 1.54) is 0 Å². The van der Waals surface area contributed by atoms with Crippen molar-refractivity contribution in [2.75, 3.05) is 10.6 Å². The van der Waals surface area contributed by atoms with Crippen LogP contribution in [0.5, 0.6) is 5.75 Å². The minimum absolute atomic E-state index is 0.184. The summed E-state index contributed by atoms with van der Waals surface area (Å²) in [7, 11) is 0. The number of hydrogen-bond acceptors (Lipinski definition) is 3. The van der Waals surface area contributed by atoms with E-state index >= 15 is 0 Å². The summed E-state index contributed by atoms with van der Waals surface area (Å²) in [4.78, 5) is 12.0. The number of aromatic hydroxyl groups is 1. The normalized spacial score (nSPS) is 15.0. The maximum absolute atomic E-state index is 12.0. The average molecular weight is 301 g/mol. The Hall–Kier alpha value is -2.46. The molecule has 4 nitrogen and oxygen atoms in total. The van der Waals surface area contributed by atoms with Gasteiger partial charge in [-0.05, 0) is 36.8 Å². The van der Waals surface area contributed by atoms with Crippen molar-refractivity contribution in [3.63, 3.8) is 0 Å². The summed E-state index contributed by atoms with van der Waals surface area (Å²) in [5.74, 6) is 0.0221. The number of rotatable bonds is 2. The number of nitrogens with one attached hydrogen (secondary N) is 2. The van der Waals surface area contributed by atoms with Gasteiger partial charge in [0.05, 0.1) is 5.57 Å². The highest BCUT2D eigenvalue weighted by atomic mass is 35.5. The third kappa shape index (κ3) is 2.58. The molecule has 2 aromatic rings. The molecule has 1 heterocycles. The predicted octanol–water partition coefficient (Wildman–Crippen LogP) is 3.76. The molecule has 0 unspecified atom stereocenters. The zero-order chi connectivity index (χ0) is 15.0. The lowest BCUT2D eigenvalue weighted by Gasteiger charge is -2.05. The molecule has 0 aliphatic carbocycles. The molecule has 1 aliphatic heterocycles. The number of hydrogen-bond donors (Lipinski definition) is 3. The van der Waals surface area contributed by atoms with E-state index in [1.807, 2.05) is 13.0 Å². The van der Waals surface area contributed by atoms with Crippen LogP contribution < -0.4 is 10.6 Å². The van der Waals surface area contributed by atoms with Crippen molar-refractivity contribution >= 4 is 34.5 Å². The standard InChI is InChI=1S/C16H13ClN2O2/c1-9-2-4-11(7-15(9)20)18-8-13-12-6-10(17)3-5-14(12)19-16(13)21/h2-8,18,20H,1H3,(H,19,21)/b13-8+. The number of phenolic OH excluding ortho intramolecular Hbond substituents is 1. The van der Waals surface area contributed by atoms with E-state index in [1.54, 1.807) is 36.5 Å². The molecule has 0 spiro atoms. The molecule has 0 radical (unpaired) electrons. The number of halogens is 1. The third-order valence-corrected chi connectivity index (χ3v) is 3.59. The molecular weight excluding hydrogens is 288 g/mol. The fourth-order valence-corrected chi connectivity index (χ4v) is 2.33. The predicted molar refractivity (Wildman–Crippen MR) is 84.5 cm³/mol. The maximum Gasteiger partial charge on any atom is 0.257 e. The Balaban J connectivity index is 1.92. The van der Waals surface area contributed by atoms with Gasteiger partial charge >= 0.3 is 0 Å². The summed E-state index contributed by atoms with van der Waals surface area (Å²) in [6.07, 6.45) is 1.61. The smallest absolute Gasteiger partial charge is 0.257 e. The van der Waals surface area contributed by atoms with E-state index in [4.69, 9.17) is 11.6 Å². The van der Waals surface area contributed by atoms with Gasteiger partial charge in [0.2, 0.25) is 0 Å². The quantitative estimate of drug-likeness (QED) is 0.740. The van der Waals surface area contributed by atoms with Crippen LogP contribution in [0.25, 0.3) is 5.57 Å². The maximum atomic E-state index is 12.0. The minimum atomic E-state index is -0.184. The Morgan fingerprint density at radius 3 is 2.81 bits per heavy atom. The van der Waals surface area contributed by atoms with Gasteiger partial charge in [-0.3, -0.25) is 4.79 Å². The van der Waals surface area contributed by atoms with Gasteiger partial charge in [0, 0.05) is 34.2 Å². The van der Waals surface area contributed by atoms with Gasteiger partial charge in [-0.2, -0.15) is 0 Å². The second kappa shape index (κ2) is 5.14. The lowest BCUT2D eigenvalue weighted by atomic mass is 10.1. The molecule has 3 N–H and O–H groups in total. The molecule has 0 saturated heterocycles. The number of aryl methyl sites for hydroxylation is 1. The monoisotopic (exact) mass is 300 g/mol. The Bertz CT molecular complexity index is 769. The van der Waals surface area contributed by atoms with Crippen molar-refractivity contribution in [3.8, 4) is 5.75 Å². The fraction of sp³-hybridized carbons (Fsp3) is 0.0625. The molecule has 0 atom stereocenters. The molecule has 5 heteroatoms. The van der Waals surface area contributed by atoms with Crippen molar-refractivity contribution in [2.24, 2.45) is 0 Å². The van der Waals surface area contributed by atoms with E-state index in [-0.39, 0.29) is 11.7 Å². The van der Waals surface area contributed by atoms with Crippen LogP contribution in [0.4, 0.5) is 11.4 Å². The second-order valence-electron chi connectivity index (χ2n) is 4.85. The number of carbonyl (C=O) groups is 1. The van der Waals surface area contributed by atoms with Gasteiger partial charge in [-0.1, -0.05) is 17.7 Å². The molecule has 2 aromatic carbocycles. The molecule has 3 rings (SSSR count). The molecule has 0 fully saturated rings. The van der Waals surface area contributed by atoms with E-state index < -0.39 is 0 Å². The van der Waals surface area contributed by atoms with E-state index in [2.05, 4.69) is 10.6 Å². The number of phenols is 1. The highest BCUT2D eigenvalue weighted by Gasteiger charge is 2.24. The van der Waals surface area contributed by atoms with Gasteiger partial charge < -0.3 is 15.7 Å². The van der Waals surface area contributed by atoms with Gasteiger partial charge in [0.15, 0.2) is 0 Å². The SMILES string of the molecule is Cc1ccc(N/C=C2/C(=O)Nc3ccc(Cl)cc32)cc1O. The molecule has 0 aromatic heterocycles. The molecule has 106 valence electrons. The van der Waals surface area contributed by atoms with E-state index in [0.717, 1.165) is 16.8 Å². The fourth-order valence-electron chi connectivity index (χ4n) is 2.16. The molecule has 1 amide bonds. The van der Waals surface area contributed by atoms with Crippen molar-refractivity contribution in [2.45, 2.75) is 6.92 Å².